The van der Waals surface area contributed by atoms with Gasteiger partial charge in [-0.2, -0.15) is 0 Å². The molecule has 1 aliphatic carbocycles. The van der Waals surface area contributed by atoms with Gasteiger partial charge in [-0.15, -0.1) is 0 Å². The Hall–Kier alpha value is -1.88. The molecule has 5 nitrogen and oxygen atoms in total. The van der Waals surface area contributed by atoms with Gasteiger partial charge in [0.25, 0.3) is 0 Å². The number of hydrogen-bond acceptors (Lipinski definition) is 3. The first-order valence-corrected chi connectivity index (χ1v) is 9.35. The summed E-state index contributed by atoms with van der Waals surface area (Å²) in [6.07, 6.45) is 4.02. The number of nitrogens with zero attached hydrogens (tertiary/aromatic N) is 1. The maximum absolute atomic E-state index is 12.6. The lowest BCUT2D eigenvalue weighted by Crippen LogP contribution is -2.53. The van der Waals surface area contributed by atoms with E-state index in [0.717, 1.165) is 18.4 Å². The van der Waals surface area contributed by atoms with Gasteiger partial charge < -0.3 is 11.1 Å². The molecule has 1 saturated carbocycles. The summed E-state index contributed by atoms with van der Waals surface area (Å²) >= 11 is 0. The molecule has 1 aromatic carbocycles. The van der Waals surface area contributed by atoms with E-state index in [-0.39, 0.29) is 24.4 Å². The second-order valence-corrected chi connectivity index (χ2v) is 7.74. The molecule has 3 rings (SSSR count). The molecule has 3 N–H and O–H groups in total. The molecule has 1 fully saturated rings. The van der Waals surface area contributed by atoms with Crippen molar-refractivity contribution in [3.63, 3.8) is 0 Å². The van der Waals surface area contributed by atoms with Crippen LogP contribution in [0, 0.1) is 11.8 Å². The van der Waals surface area contributed by atoms with E-state index in [4.69, 9.17) is 5.73 Å². The van der Waals surface area contributed by atoms with Crippen molar-refractivity contribution in [2.45, 2.75) is 58.2 Å². The van der Waals surface area contributed by atoms with Gasteiger partial charge in [-0.1, -0.05) is 51.0 Å². The van der Waals surface area contributed by atoms with Gasteiger partial charge in [0.1, 0.15) is 0 Å². The Morgan fingerprint density at radius 3 is 2.64 bits per heavy atom. The molecule has 1 aliphatic heterocycles. The average molecular weight is 343 g/mol. The summed E-state index contributed by atoms with van der Waals surface area (Å²) in [7, 11) is 0. The minimum Gasteiger partial charge on any atom is -0.368 e. The second kappa shape index (κ2) is 7.56. The van der Waals surface area contributed by atoms with Gasteiger partial charge in [0, 0.05) is 12.6 Å². The van der Waals surface area contributed by atoms with E-state index in [0.29, 0.717) is 24.8 Å². The molecular weight excluding hydrogens is 314 g/mol. The van der Waals surface area contributed by atoms with Crippen LogP contribution in [0.5, 0.6) is 0 Å². The van der Waals surface area contributed by atoms with E-state index < -0.39 is 6.04 Å². The van der Waals surface area contributed by atoms with Gasteiger partial charge in [0.2, 0.25) is 11.8 Å². The van der Waals surface area contributed by atoms with E-state index in [2.05, 4.69) is 25.2 Å². The predicted octanol–water partition coefficient (Wildman–Crippen LogP) is 1.84. The van der Waals surface area contributed by atoms with Gasteiger partial charge in [0.15, 0.2) is 0 Å². The molecule has 2 amide bonds. The van der Waals surface area contributed by atoms with Crippen molar-refractivity contribution in [1.29, 1.82) is 0 Å². The zero-order chi connectivity index (χ0) is 18.0. The molecule has 1 heterocycles. The minimum absolute atomic E-state index is 0.00317. The number of amides is 2. The van der Waals surface area contributed by atoms with Crippen LogP contribution in [-0.4, -0.2) is 35.3 Å². The SMILES string of the molecule is C[C@H]1[C@H](C)CCC[C@@H]1NC(=O)CN1Cc2ccccc2C[C@@H]1C(N)=O. The van der Waals surface area contributed by atoms with Gasteiger partial charge >= 0.3 is 0 Å². The van der Waals surface area contributed by atoms with Crippen LogP contribution in [0.4, 0.5) is 0 Å². The lowest BCUT2D eigenvalue weighted by molar-refractivity contribution is -0.128. The highest BCUT2D eigenvalue weighted by atomic mass is 16.2. The zero-order valence-corrected chi connectivity index (χ0v) is 15.2. The molecule has 0 bridgehead atoms. The van der Waals surface area contributed by atoms with E-state index in [9.17, 15) is 9.59 Å². The van der Waals surface area contributed by atoms with E-state index in [1.54, 1.807) is 0 Å². The van der Waals surface area contributed by atoms with Crippen molar-refractivity contribution < 1.29 is 9.59 Å². The highest BCUT2D eigenvalue weighted by molar-refractivity contribution is 5.83. The smallest absolute Gasteiger partial charge is 0.235 e. The summed E-state index contributed by atoms with van der Waals surface area (Å²) in [5, 5.41) is 3.20. The Labute approximate surface area is 150 Å². The molecule has 25 heavy (non-hydrogen) atoms. The fourth-order valence-electron chi connectivity index (χ4n) is 4.25. The second-order valence-electron chi connectivity index (χ2n) is 7.74. The summed E-state index contributed by atoms with van der Waals surface area (Å²) in [6.45, 7) is 5.29. The lowest BCUT2D eigenvalue weighted by atomic mass is 9.78. The number of nitrogens with one attached hydrogen (secondary N) is 1. The molecule has 5 heteroatoms. The summed E-state index contributed by atoms with van der Waals surface area (Å²) in [5.74, 6) is 0.768. The van der Waals surface area contributed by atoms with Gasteiger partial charge in [-0.05, 0) is 35.8 Å². The highest BCUT2D eigenvalue weighted by Crippen LogP contribution is 2.29. The largest absolute Gasteiger partial charge is 0.368 e. The number of primary amides is 1. The molecular formula is C20H29N3O2. The van der Waals surface area contributed by atoms with Crippen molar-refractivity contribution in [2.24, 2.45) is 17.6 Å². The summed E-state index contributed by atoms with van der Waals surface area (Å²) in [5.41, 5.74) is 7.93. The predicted molar refractivity (Wildman–Crippen MR) is 97.6 cm³/mol. The third-order valence-electron chi connectivity index (χ3n) is 6.07. The standard InChI is InChI=1S/C20H29N3O2/c1-13-6-5-9-17(14(13)2)22-19(24)12-23-11-16-8-4-3-7-15(16)10-18(23)20(21)25/h3-4,7-8,13-14,17-18H,5-6,9-12H2,1-2H3,(H2,21,25)(H,22,24)/t13-,14+,17+,18-/m1/s1. The number of nitrogens with two attached hydrogens (primary N) is 1. The third-order valence-corrected chi connectivity index (χ3v) is 6.07. The molecule has 0 aromatic heterocycles. The normalized spacial score (nSPS) is 29.7. The molecule has 2 aliphatic rings. The molecule has 1 aromatic rings. The summed E-state index contributed by atoms with van der Waals surface area (Å²) in [6, 6.07) is 7.89. The monoisotopic (exact) mass is 343 g/mol. The number of hydrogen-bond donors (Lipinski definition) is 2. The Morgan fingerprint density at radius 2 is 1.92 bits per heavy atom. The van der Waals surface area contributed by atoms with Crippen LogP contribution in [0.15, 0.2) is 24.3 Å². The van der Waals surface area contributed by atoms with Crippen LogP contribution < -0.4 is 11.1 Å². The molecule has 0 unspecified atom stereocenters. The lowest BCUT2D eigenvalue weighted by Gasteiger charge is -2.37. The van der Waals surface area contributed by atoms with Crippen LogP contribution in [0.2, 0.25) is 0 Å². The van der Waals surface area contributed by atoms with Crippen LogP contribution in [0.1, 0.15) is 44.2 Å². The van der Waals surface area contributed by atoms with Gasteiger partial charge in [0.05, 0.1) is 12.6 Å². The number of carbonyl (C=O) groups excluding carboxylic acids is 2. The maximum atomic E-state index is 12.6. The molecule has 0 spiro atoms. The van der Waals surface area contributed by atoms with Gasteiger partial charge in [-0.3, -0.25) is 14.5 Å². The van der Waals surface area contributed by atoms with Crippen LogP contribution >= 0.6 is 0 Å². The molecule has 136 valence electrons. The first-order chi connectivity index (χ1) is 12.0. The zero-order valence-electron chi connectivity index (χ0n) is 15.2. The maximum Gasteiger partial charge on any atom is 0.235 e. The number of rotatable bonds is 4. The first-order valence-electron chi connectivity index (χ1n) is 9.35. The van der Waals surface area contributed by atoms with Crippen molar-refractivity contribution >= 4 is 11.8 Å². The summed E-state index contributed by atoms with van der Waals surface area (Å²) < 4.78 is 0. The van der Waals surface area contributed by atoms with Crippen molar-refractivity contribution in [3.05, 3.63) is 35.4 Å². The van der Waals surface area contributed by atoms with Crippen LogP contribution in [-0.2, 0) is 22.6 Å². The fourth-order valence-corrected chi connectivity index (χ4v) is 4.25. The molecule has 4 atom stereocenters. The van der Waals surface area contributed by atoms with Crippen molar-refractivity contribution in [3.8, 4) is 0 Å². The number of carbonyl (C=O) groups is 2. The molecule has 0 radical (unpaired) electrons. The summed E-state index contributed by atoms with van der Waals surface area (Å²) in [4.78, 5) is 26.4. The van der Waals surface area contributed by atoms with Crippen LogP contribution in [0.25, 0.3) is 0 Å². The third kappa shape index (κ3) is 4.03. The Bertz CT molecular complexity index is 646. The highest BCUT2D eigenvalue weighted by Gasteiger charge is 2.33. The number of fused-ring (bicyclic) bond motifs is 1. The number of benzene rings is 1. The quantitative estimate of drug-likeness (QED) is 0.876. The Kier molecular flexibility index (Phi) is 5.42. The molecule has 0 saturated heterocycles. The topological polar surface area (TPSA) is 75.4 Å². The Balaban J connectivity index is 1.66. The average Bonchev–Trinajstić information content (AvgIpc) is 2.58. The van der Waals surface area contributed by atoms with E-state index in [1.807, 2.05) is 23.1 Å². The van der Waals surface area contributed by atoms with Crippen molar-refractivity contribution in [2.75, 3.05) is 6.54 Å². The first kappa shape index (κ1) is 17.9. The Morgan fingerprint density at radius 1 is 1.20 bits per heavy atom. The van der Waals surface area contributed by atoms with Crippen LogP contribution in [0.3, 0.4) is 0 Å². The van der Waals surface area contributed by atoms with Gasteiger partial charge in [-0.25, -0.2) is 0 Å². The fraction of sp³-hybridized carbons (Fsp3) is 0.600. The van der Waals surface area contributed by atoms with E-state index in [1.165, 1.54) is 12.0 Å². The van der Waals surface area contributed by atoms with Crippen molar-refractivity contribution in [1.82, 2.24) is 10.2 Å². The minimum atomic E-state index is -0.414. The van der Waals surface area contributed by atoms with E-state index >= 15 is 0 Å².